The zero-order valence-electron chi connectivity index (χ0n) is 14.4. The van der Waals surface area contributed by atoms with Gasteiger partial charge in [-0.25, -0.2) is 0 Å². The SMILES string of the molecule is Cc1cc(CN2CCN(CC(=O)NC(C)(C#N)C3CC3)CC2)no1. The molecule has 1 aromatic heterocycles. The molecule has 0 aromatic carbocycles. The maximum Gasteiger partial charge on any atom is 0.235 e. The van der Waals surface area contributed by atoms with Gasteiger partial charge in [0.2, 0.25) is 5.91 Å². The normalized spacial score (nSPS) is 21.9. The van der Waals surface area contributed by atoms with Crippen LogP contribution in [-0.4, -0.2) is 59.1 Å². The van der Waals surface area contributed by atoms with Crippen molar-refractivity contribution >= 4 is 5.91 Å². The van der Waals surface area contributed by atoms with E-state index in [1.54, 1.807) is 0 Å². The van der Waals surface area contributed by atoms with Crippen LogP contribution in [0, 0.1) is 24.2 Å². The topological polar surface area (TPSA) is 85.4 Å². The monoisotopic (exact) mass is 331 g/mol. The number of nitrogens with one attached hydrogen (secondary N) is 1. The Bertz CT molecular complexity index is 625. The predicted molar refractivity (Wildman–Crippen MR) is 87.8 cm³/mol. The van der Waals surface area contributed by atoms with E-state index in [0.717, 1.165) is 57.0 Å². The molecule has 1 aliphatic carbocycles. The maximum atomic E-state index is 12.3. The van der Waals surface area contributed by atoms with Gasteiger partial charge in [-0.15, -0.1) is 0 Å². The summed E-state index contributed by atoms with van der Waals surface area (Å²) in [6.45, 7) is 8.36. The van der Waals surface area contributed by atoms with E-state index in [4.69, 9.17) is 4.52 Å². The van der Waals surface area contributed by atoms with Crippen molar-refractivity contribution in [2.45, 2.75) is 38.8 Å². The van der Waals surface area contributed by atoms with E-state index in [9.17, 15) is 10.1 Å². The molecule has 1 N–H and O–H groups in total. The summed E-state index contributed by atoms with van der Waals surface area (Å²) in [7, 11) is 0. The third kappa shape index (κ3) is 4.13. The number of nitrogens with zero attached hydrogens (tertiary/aromatic N) is 4. The number of amides is 1. The van der Waals surface area contributed by atoms with Crippen LogP contribution in [0.4, 0.5) is 0 Å². The van der Waals surface area contributed by atoms with Gasteiger partial charge in [-0.05, 0) is 32.6 Å². The lowest BCUT2D eigenvalue weighted by Gasteiger charge is -2.34. The van der Waals surface area contributed by atoms with E-state index in [0.29, 0.717) is 12.5 Å². The highest BCUT2D eigenvalue weighted by Crippen LogP contribution is 2.39. The molecular formula is C17H25N5O2. The fourth-order valence-corrected chi connectivity index (χ4v) is 3.24. The van der Waals surface area contributed by atoms with Crippen LogP contribution in [-0.2, 0) is 11.3 Å². The van der Waals surface area contributed by atoms with Gasteiger partial charge in [0.05, 0.1) is 18.3 Å². The summed E-state index contributed by atoms with van der Waals surface area (Å²) in [6.07, 6.45) is 2.06. The Morgan fingerprint density at radius 3 is 2.62 bits per heavy atom. The van der Waals surface area contributed by atoms with Gasteiger partial charge in [0, 0.05) is 38.8 Å². The molecule has 1 amide bonds. The largest absolute Gasteiger partial charge is 0.361 e. The van der Waals surface area contributed by atoms with E-state index in [1.165, 1.54) is 0 Å². The van der Waals surface area contributed by atoms with Crippen LogP contribution in [0.15, 0.2) is 10.6 Å². The minimum Gasteiger partial charge on any atom is -0.361 e. The Hall–Kier alpha value is -1.91. The molecular weight excluding hydrogens is 306 g/mol. The smallest absolute Gasteiger partial charge is 0.235 e. The van der Waals surface area contributed by atoms with Crippen molar-refractivity contribution in [3.63, 3.8) is 0 Å². The maximum absolute atomic E-state index is 12.3. The van der Waals surface area contributed by atoms with Crippen LogP contribution in [0.1, 0.15) is 31.2 Å². The van der Waals surface area contributed by atoms with Crippen LogP contribution in [0.2, 0.25) is 0 Å². The van der Waals surface area contributed by atoms with E-state index in [-0.39, 0.29) is 5.91 Å². The van der Waals surface area contributed by atoms with Gasteiger partial charge in [0.15, 0.2) is 0 Å². The lowest BCUT2D eigenvalue weighted by Crippen LogP contribution is -2.53. The van der Waals surface area contributed by atoms with Crippen molar-refractivity contribution in [1.82, 2.24) is 20.3 Å². The van der Waals surface area contributed by atoms with Crippen LogP contribution in [0.3, 0.4) is 0 Å². The third-order valence-corrected chi connectivity index (χ3v) is 4.92. The van der Waals surface area contributed by atoms with E-state index >= 15 is 0 Å². The summed E-state index contributed by atoms with van der Waals surface area (Å²) in [5.41, 5.74) is 0.247. The quantitative estimate of drug-likeness (QED) is 0.834. The molecule has 0 bridgehead atoms. The molecule has 0 radical (unpaired) electrons. The molecule has 1 unspecified atom stereocenters. The number of carbonyl (C=O) groups is 1. The Morgan fingerprint density at radius 1 is 1.42 bits per heavy atom. The minimum absolute atomic E-state index is 0.0495. The van der Waals surface area contributed by atoms with Gasteiger partial charge in [-0.3, -0.25) is 14.6 Å². The summed E-state index contributed by atoms with van der Waals surface area (Å²) in [6, 6.07) is 4.23. The Labute approximate surface area is 142 Å². The minimum atomic E-state index is -0.705. The average Bonchev–Trinajstić information content (AvgIpc) is 3.33. The van der Waals surface area contributed by atoms with E-state index < -0.39 is 5.54 Å². The van der Waals surface area contributed by atoms with Crippen molar-refractivity contribution in [2.75, 3.05) is 32.7 Å². The lowest BCUT2D eigenvalue weighted by atomic mass is 9.98. The van der Waals surface area contributed by atoms with Gasteiger partial charge in [0.25, 0.3) is 0 Å². The fourth-order valence-electron chi connectivity index (χ4n) is 3.24. The number of rotatable bonds is 6. The second-order valence-corrected chi connectivity index (χ2v) is 7.12. The molecule has 1 aromatic rings. The predicted octanol–water partition coefficient (Wildman–Crippen LogP) is 0.909. The molecule has 1 aliphatic heterocycles. The number of aryl methyl sites for hydroxylation is 1. The molecule has 2 heterocycles. The van der Waals surface area contributed by atoms with Crippen molar-refractivity contribution < 1.29 is 9.32 Å². The standard InChI is InChI=1S/C17H25N5O2/c1-13-9-15(20-24-13)10-21-5-7-22(8-6-21)11-16(23)19-17(2,12-18)14-3-4-14/h9,14H,3-8,10-11H2,1-2H3,(H,19,23). The molecule has 0 spiro atoms. The zero-order chi connectivity index (χ0) is 17.2. The molecule has 3 rings (SSSR count). The van der Waals surface area contributed by atoms with Crippen LogP contribution in [0.25, 0.3) is 0 Å². The molecule has 1 saturated heterocycles. The molecule has 7 heteroatoms. The number of hydrogen-bond donors (Lipinski definition) is 1. The second kappa shape index (κ2) is 6.91. The Kier molecular flexibility index (Phi) is 4.88. The first-order valence-corrected chi connectivity index (χ1v) is 8.58. The first-order valence-electron chi connectivity index (χ1n) is 8.58. The number of hydrogen-bond acceptors (Lipinski definition) is 6. The van der Waals surface area contributed by atoms with Gasteiger partial charge >= 0.3 is 0 Å². The second-order valence-electron chi connectivity index (χ2n) is 7.12. The Morgan fingerprint density at radius 2 is 2.08 bits per heavy atom. The van der Waals surface area contributed by atoms with Gasteiger partial charge < -0.3 is 9.84 Å². The summed E-state index contributed by atoms with van der Waals surface area (Å²) >= 11 is 0. The van der Waals surface area contributed by atoms with E-state index in [1.807, 2.05) is 19.9 Å². The number of piperazine rings is 1. The summed E-state index contributed by atoms with van der Waals surface area (Å²) in [5, 5.41) is 16.3. The highest BCUT2D eigenvalue weighted by atomic mass is 16.5. The molecule has 7 nitrogen and oxygen atoms in total. The average molecular weight is 331 g/mol. The molecule has 130 valence electrons. The summed E-state index contributed by atoms with van der Waals surface area (Å²) in [4.78, 5) is 16.7. The van der Waals surface area contributed by atoms with Gasteiger partial charge in [-0.2, -0.15) is 5.26 Å². The zero-order valence-corrected chi connectivity index (χ0v) is 14.4. The molecule has 1 atom stereocenters. The fraction of sp³-hybridized carbons (Fsp3) is 0.706. The highest BCUT2D eigenvalue weighted by Gasteiger charge is 2.43. The molecule has 1 saturated carbocycles. The first kappa shape index (κ1) is 16.9. The van der Waals surface area contributed by atoms with Crippen molar-refractivity contribution in [1.29, 1.82) is 5.26 Å². The molecule has 2 aliphatic rings. The van der Waals surface area contributed by atoms with Crippen LogP contribution in [0.5, 0.6) is 0 Å². The van der Waals surface area contributed by atoms with Gasteiger partial charge in [-0.1, -0.05) is 5.16 Å². The first-order chi connectivity index (χ1) is 11.5. The summed E-state index contributed by atoms with van der Waals surface area (Å²) in [5.74, 6) is 1.09. The van der Waals surface area contributed by atoms with E-state index in [2.05, 4.69) is 26.3 Å². The highest BCUT2D eigenvalue weighted by molar-refractivity contribution is 5.79. The number of aromatic nitrogens is 1. The van der Waals surface area contributed by atoms with Crippen molar-refractivity contribution in [2.24, 2.45) is 5.92 Å². The Balaban J connectivity index is 1.42. The van der Waals surface area contributed by atoms with Crippen LogP contribution < -0.4 is 5.32 Å². The van der Waals surface area contributed by atoms with Gasteiger partial charge in [0.1, 0.15) is 11.3 Å². The van der Waals surface area contributed by atoms with Crippen LogP contribution >= 0.6 is 0 Å². The lowest BCUT2D eigenvalue weighted by molar-refractivity contribution is -0.124. The van der Waals surface area contributed by atoms with Crippen molar-refractivity contribution in [3.8, 4) is 6.07 Å². The molecule has 2 fully saturated rings. The number of carbonyl (C=O) groups excluding carboxylic acids is 1. The number of nitriles is 1. The summed E-state index contributed by atoms with van der Waals surface area (Å²) < 4.78 is 5.09. The molecule has 24 heavy (non-hydrogen) atoms. The third-order valence-electron chi connectivity index (χ3n) is 4.92. The van der Waals surface area contributed by atoms with Crippen molar-refractivity contribution in [3.05, 3.63) is 17.5 Å².